The van der Waals surface area contributed by atoms with Crippen molar-refractivity contribution in [1.29, 1.82) is 0 Å². The molecule has 1 atom stereocenters. The average molecular weight is 397 g/mol. The zero-order valence-corrected chi connectivity index (χ0v) is 16.5. The molecule has 8 heteroatoms. The number of hydrogen-bond donors (Lipinski definition) is 2. The quantitative estimate of drug-likeness (QED) is 0.800. The lowest BCUT2D eigenvalue weighted by Crippen LogP contribution is -2.46. The van der Waals surface area contributed by atoms with Crippen LogP contribution < -0.4 is 5.32 Å². The Kier molecular flexibility index (Phi) is 6.01. The van der Waals surface area contributed by atoms with Crippen LogP contribution in [0.25, 0.3) is 0 Å². The second-order valence-corrected chi connectivity index (χ2v) is 7.81. The molecule has 2 aliphatic rings. The minimum atomic E-state index is -0.846. The molecule has 2 N–H and O–H groups in total. The minimum Gasteiger partial charge on any atom is -0.389 e. The van der Waals surface area contributed by atoms with Gasteiger partial charge in [0.25, 0.3) is 0 Å². The van der Waals surface area contributed by atoms with E-state index in [0.29, 0.717) is 44.3 Å². The first-order chi connectivity index (χ1) is 14.1. The lowest BCUT2D eigenvalue weighted by atomic mass is 9.82. The molecule has 0 radical (unpaired) electrons. The third-order valence-corrected chi connectivity index (χ3v) is 5.59. The fourth-order valence-electron chi connectivity index (χ4n) is 4.01. The summed E-state index contributed by atoms with van der Waals surface area (Å²) in [6.45, 7) is 1.43. The monoisotopic (exact) mass is 397 g/mol. The van der Waals surface area contributed by atoms with Gasteiger partial charge in [0.2, 0.25) is 11.9 Å². The number of amides is 1. The van der Waals surface area contributed by atoms with Crippen LogP contribution in [0.15, 0.2) is 36.7 Å². The molecule has 154 valence electrons. The fraction of sp³-hybridized carbons (Fsp3) is 0.524. The Hall–Kier alpha value is -2.58. The SMILES string of the molecule is O=C(CC1(O)CCCCC1)N1CCO[C@@H](c2cccc(Nc3ncccn3)n2)C1. The zero-order valence-electron chi connectivity index (χ0n) is 16.5. The van der Waals surface area contributed by atoms with Crippen LogP contribution in [-0.4, -0.2) is 56.2 Å². The number of anilines is 2. The zero-order chi connectivity index (χ0) is 20.1. The largest absolute Gasteiger partial charge is 0.389 e. The molecule has 1 amide bonds. The molecule has 1 aliphatic heterocycles. The normalized spacial score (nSPS) is 21.6. The Bertz CT molecular complexity index is 826. The highest BCUT2D eigenvalue weighted by atomic mass is 16.5. The summed E-state index contributed by atoms with van der Waals surface area (Å²) in [7, 11) is 0. The minimum absolute atomic E-state index is 0.00494. The third-order valence-electron chi connectivity index (χ3n) is 5.59. The standard InChI is InChI=1S/C21H27N5O3/c27-19(14-21(28)8-2-1-3-9-21)26-12-13-29-17(15-26)16-6-4-7-18(24-16)25-20-22-10-5-11-23-20/h4-7,10-11,17,28H,1-3,8-9,12-15H2,(H,22,23,24,25)/t17-/m1/s1. The van der Waals surface area contributed by atoms with Gasteiger partial charge >= 0.3 is 0 Å². The first-order valence-electron chi connectivity index (χ1n) is 10.2. The van der Waals surface area contributed by atoms with Gasteiger partial charge in [0.1, 0.15) is 11.9 Å². The predicted molar refractivity (Wildman–Crippen MR) is 107 cm³/mol. The summed E-state index contributed by atoms with van der Waals surface area (Å²) in [5.74, 6) is 1.09. The maximum atomic E-state index is 12.8. The number of morpholine rings is 1. The molecule has 4 rings (SSSR count). The summed E-state index contributed by atoms with van der Waals surface area (Å²) in [5.41, 5.74) is -0.0965. The van der Waals surface area contributed by atoms with Crippen molar-refractivity contribution >= 4 is 17.7 Å². The Morgan fingerprint density at radius 1 is 1.21 bits per heavy atom. The van der Waals surface area contributed by atoms with Gasteiger partial charge in [-0.05, 0) is 31.0 Å². The van der Waals surface area contributed by atoms with Gasteiger partial charge in [-0.25, -0.2) is 15.0 Å². The number of aromatic nitrogens is 3. The molecule has 0 bridgehead atoms. The van der Waals surface area contributed by atoms with Crippen LogP contribution in [0.4, 0.5) is 11.8 Å². The van der Waals surface area contributed by atoms with Crippen molar-refractivity contribution in [2.45, 2.75) is 50.2 Å². The number of nitrogens with one attached hydrogen (secondary N) is 1. The Morgan fingerprint density at radius 3 is 2.79 bits per heavy atom. The smallest absolute Gasteiger partial charge is 0.228 e. The molecule has 29 heavy (non-hydrogen) atoms. The van der Waals surface area contributed by atoms with Crippen molar-refractivity contribution in [3.63, 3.8) is 0 Å². The molecule has 0 spiro atoms. The summed E-state index contributed by atoms with van der Waals surface area (Å²) in [5, 5.41) is 13.8. The highest BCUT2D eigenvalue weighted by molar-refractivity contribution is 5.77. The van der Waals surface area contributed by atoms with E-state index in [9.17, 15) is 9.90 Å². The molecule has 3 heterocycles. The van der Waals surface area contributed by atoms with Gasteiger partial charge in [-0.15, -0.1) is 0 Å². The van der Waals surface area contributed by atoms with Crippen molar-refractivity contribution in [2.75, 3.05) is 25.0 Å². The van der Waals surface area contributed by atoms with Crippen LogP contribution in [0, 0.1) is 0 Å². The lowest BCUT2D eigenvalue weighted by Gasteiger charge is -2.37. The van der Waals surface area contributed by atoms with E-state index in [4.69, 9.17) is 4.74 Å². The molecule has 1 aliphatic carbocycles. The molecule has 2 fully saturated rings. The first-order valence-corrected chi connectivity index (χ1v) is 10.2. The topological polar surface area (TPSA) is 100 Å². The van der Waals surface area contributed by atoms with Gasteiger partial charge in [-0.2, -0.15) is 0 Å². The Morgan fingerprint density at radius 2 is 2.00 bits per heavy atom. The van der Waals surface area contributed by atoms with Gasteiger partial charge < -0.3 is 20.1 Å². The number of pyridine rings is 1. The maximum absolute atomic E-state index is 12.8. The number of aliphatic hydroxyl groups is 1. The highest BCUT2D eigenvalue weighted by Crippen LogP contribution is 2.32. The lowest BCUT2D eigenvalue weighted by molar-refractivity contribution is -0.145. The van der Waals surface area contributed by atoms with Gasteiger partial charge in [0.05, 0.1) is 30.9 Å². The second-order valence-electron chi connectivity index (χ2n) is 7.81. The molecule has 8 nitrogen and oxygen atoms in total. The van der Waals surface area contributed by atoms with E-state index in [1.54, 1.807) is 23.4 Å². The molecular weight excluding hydrogens is 370 g/mol. The molecule has 0 unspecified atom stereocenters. The van der Waals surface area contributed by atoms with E-state index >= 15 is 0 Å². The van der Waals surface area contributed by atoms with E-state index in [2.05, 4.69) is 20.3 Å². The summed E-state index contributed by atoms with van der Waals surface area (Å²) >= 11 is 0. The Labute approximate surface area is 170 Å². The van der Waals surface area contributed by atoms with Gasteiger partial charge in [-0.1, -0.05) is 25.3 Å². The summed E-state index contributed by atoms with van der Waals surface area (Å²) < 4.78 is 5.89. The summed E-state index contributed by atoms with van der Waals surface area (Å²) in [4.78, 5) is 27.5. The summed E-state index contributed by atoms with van der Waals surface area (Å²) in [6.07, 6.45) is 7.76. The van der Waals surface area contributed by atoms with E-state index in [1.807, 2.05) is 18.2 Å². The van der Waals surface area contributed by atoms with Crippen LogP contribution in [0.2, 0.25) is 0 Å². The molecule has 1 saturated heterocycles. The highest BCUT2D eigenvalue weighted by Gasteiger charge is 2.35. The first kappa shape index (κ1) is 19.7. The van der Waals surface area contributed by atoms with E-state index in [-0.39, 0.29) is 18.4 Å². The van der Waals surface area contributed by atoms with Gasteiger partial charge in [0.15, 0.2) is 0 Å². The van der Waals surface area contributed by atoms with Gasteiger partial charge in [0, 0.05) is 18.9 Å². The van der Waals surface area contributed by atoms with Crippen LogP contribution >= 0.6 is 0 Å². The van der Waals surface area contributed by atoms with Gasteiger partial charge in [-0.3, -0.25) is 4.79 Å². The van der Waals surface area contributed by atoms with Crippen LogP contribution in [-0.2, 0) is 9.53 Å². The van der Waals surface area contributed by atoms with Crippen molar-refractivity contribution in [1.82, 2.24) is 19.9 Å². The molecular formula is C21H27N5O3. The molecule has 2 aromatic heterocycles. The number of nitrogens with zero attached hydrogens (tertiary/aromatic N) is 4. The molecule has 2 aromatic rings. The van der Waals surface area contributed by atoms with E-state index in [1.165, 1.54) is 0 Å². The van der Waals surface area contributed by atoms with Crippen LogP contribution in [0.5, 0.6) is 0 Å². The fourth-order valence-corrected chi connectivity index (χ4v) is 4.01. The molecule has 1 saturated carbocycles. The van der Waals surface area contributed by atoms with Crippen molar-refractivity contribution in [3.8, 4) is 0 Å². The van der Waals surface area contributed by atoms with E-state index in [0.717, 1.165) is 25.0 Å². The number of carbonyl (C=O) groups excluding carboxylic acids is 1. The van der Waals surface area contributed by atoms with Crippen molar-refractivity contribution in [2.24, 2.45) is 0 Å². The number of rotatable bonds is 5. The number of hydrogen-bond acceptors (Lipinski definition) is 7. The third kappa shape index (κ3) is 5.07. The van der Waals surface area contributed by atoms with Crippen LogP contribution in [0.1, 0.15) is 50.3 Å². The predicted octanol–water partition coefficient (Wildman–Crippen LogP) is 2.60. The molecule has 0 aromatic carbocycles. The Balaban J connectivity index is 1.40. The van der Waals surface area contributed by atoms with Crippen molar-refractivity contribution in [3.05, 3.63) is 42.4 Å². The summed E-state index contributed by atoms with van der Waals surface area (Å²) in [6, 6.07) is 7.37. The van der Waals surface area contributed by atoms with Crippen LogP contribution in [0.3, 0.4) is 0 Å². The van der Waals surface area contributed by atoms with Crippen molar-refractivity contribution < 1.29 is 14.6 Å². The second kappa shape index (κ2) is 8.84. The average Bonchev–Trinajstić information content (AvgIpc) is 2.75. The van der Waals surface area contributed by atoms with E-state index < -0.39 is 5.60 Å². The number of ether oxygens (including phenoxy) is 1. The maximum Gasteiger partial charge on any atom is 0.228 e. The number of carbonyl (C=O) groups is 1.